The molecule has 78 valence electrons. The molecule has 0 amide bonds. The standard InChI is InChI=1S/C9H13ClN2OS/c1-13-6-2-4-11-9-8(10)7(14)3-5-12-9/h3,5H,2,4,6H2,1H3,(H2,11,12,14). The summed E-state index contributed by atoms with van der Waals surface area (Å²) in [5.74, 6) is 0.676. The van der Waals surface area contributed by atoms with Crippen LogP contribution in [0.2, 0.25) is 5.02 Å². The van der Waals surface area contributed by atoms with Crippen LogP contribution in [0, 0.1) is 0 Å². The summed E-state index contributed by atoms with van der Waals surface area (Å²) in [6.45, 7) is 1.52. The van der Waals surface area contributed by atoms with E-state index >= 15 is 0 Å². The molecule has 0 aliphatic carbocycles. The number of nitrogens with zero attached hydrogens (tertiary/aromatic N) is 1. The Balaban J connectivity index is 2.46. The Labute approximate surface area is 94.2 Å². The molecule has 0 spiro atoms. The lowest BCUT2D eigenvalue weighted by Crippen LogP contribution is -2.06. The summed E-state index contributed by atoms with van der Waals surface area (Å²) >= 11 is 10.2. The van der Waals surface area contributed by atoms with Gasteiger partial charge in [-0.3, -0.25) is 0 Å². The van der Waals surface area contributed by atoms with E-state index in [-0.39, 0.29) is 0 Å². The van der Waals surface area contributed by atoms with Crippen LogP contribution in [-0.2, 0) is 4.74 Å². The number of methoxy groups -OCH3 is 1. The molecule has 5 heteroatoms. The number of hydrogen-bond acceptors (Lipinski definition) is 4. The van der Waals surface area contributed by atoms with E-state index < -0.39 is 0 Å². The normalized spacial score (nSPS) is 10.2. The van der Waals surface area contributed by atoms with Crippen molar-refractivity contribution in [3.8, 4) is 0 Å². The van der Waals surface area contributed by atoms with Gasteiger partial charge in [0.2, 0.25) is 0 Å². The molecule has 0 aromatic carbocycles. The van der Waals surface area contributed by atoms with Crippen LogP contribution in [0.3, 0.4) is 0 Å². The molecule has 1 aromatic heterocycles. The first-order valence-corrected chi connectivity index (χ1v) is 5.14. The number of hydrogen-bond donors (Lipinski definition) is 2. The lowest BCUT2D eigenvalue weighted by molar-refractivity contribution is 0.198. The van der Waals surface area contributed by atoms with Gasteiger partial charge in [0.1, 0.15) is 5.82 Å². The lowest BCUT2D eigenvalue weighted by atomic mass is 10.4. The number of rotatable bonds is 5. The second kappa shape index (κ2) is 6.11. The molecule has 1 rings (SSSR count). The highest BCUT2D eigenvalue weighted by Crippen LogP contribution is 2.25. The van der Waals surface area contributed by atoms with Crippen LogP contribution in [0.5, 0.6) is 0 Å². The van der Waals surface area contributed by atoms with E-state index in [4.69, 9.17) is 16.3 Å². The molecular formula is C9H13ClN2OS. The molecule has 0 radical (unpaired) electrons. The van der Waals surface area contributed by atoms with Crippen molar-refractivity contribution in [2.24, 2.45) is 0 Å². The minimum absolute atomic E-state index is 0.563. The van der Waals surface area contributed by atoms with Crippen molar-refractivity contribution in [3.63, 3.8) is 0 Å². The van der Waals surface area contributed by atoms with Crippen molar-refractivity contribution in [2.75, 3.05) is 25.6 Å². The number of aromatic nitrogens is 1. The Morgan fingerprint density at radius 3 is 3.14 bits per heavy atom. The van der Waals surface area contributed by atoms with Gasteiger partial charge in [-0.2, -0.15) is 0 Å². The van der Waals surface area contributed by atoms with Gasteiger partial charge in [-0.05, 0) is 12.5 Å². The molecule has 14 heavy (non-hydrogen) atoms. The molecule has 0 atom stereocenters. The molecule has 1 aromatic rings. The Hall–Kier alpha value is -0.450. The van der Waals surface area contributed by atoms with E-state index in [0.29, 0.717) is 10.8 Å². The maximum absolute atomic E-state index is 5.97. The average Bonchev–Trinajstić information content (AvgIpc) is 2.19. The van der Waals surface area contributed by atoms with Crippen LogP contribution in [0.4, 0.5) is 5.82 Å². The van der Waals surface area contributed by atoms with Gasteiger partial charge in [0.25, 0.3) is 0 Å². The van der Waals surface area contributed by atoms with Crippen molar-refractivity contribution in [1.82, 2.24) is 4.98 Å². The average molecular weight is 233 g/mol. The molecule has 0 aliphatic rings. The van der Waals surface area contributed by atoms with Crippen molar-refractivity contribution < 1.29 is 4.74 Å². The zero-order valence-electron chi connectivity index (χ0n) is 7.96. The molecule has 3 nitrogen and oxygen atoms in total. The summed E-state index contributed by atoms with van der Waals surface area (Å²) in [7, 11) is 1.68. The summed E-state index contributed by atoms with van der Waals surface area (Å²) in [6, 6.07) is 1.76. The van der Waals surface area contributed by atoms with E-state index in [0.717, 1.165) is 24.5 Å². The van der Waals surface area contributed by atoms with E-state index in [1.807, 2.05) is 0 Å². The smallest absolute Gasteiger partial charge is 0.145 e. The highest BCUT2D eigenvalue weighted by atomic mass is 35.5. The lowest BCUT2D eigenvalue weighted by Gasteiger charge is -2.07. The number of pyridine rings is 1. The van der Waals surface area contributed by atoms with Crippen LogP contribution in [0.15, 0.2) is 17.2 Å². The number of anilines is 1. The molecule has 0 saturated heterocycles. The number of thiol groups is 1. The number of nitrogens with one attached hydrogen (secondary N) is 1. The highest BCUT2D eigenvalue weighted by Gasteiger charge is 2.03. The van der Waals surface area contributed by atoms with Crippen LogP contribution in [0.1, 0.15) is 6.42 Å². The SMILES string of the molecule is COCCCNc1nccc(S)c1Cl. The molecule has 0 fully saturated rings. The maximum atomic E-state index is 5.97. The second-order valence-electron chi connectivity index (χ2n) is 2.77. The largest absolute Gasteiger partial charge is 0.385 e. The number of halogens is 1. The minimum atomic E-state index is 0.563. The topological polar surface area (TPSA) is 34.1 Å². The van der Waals surface area contributed by atoms with Gasteiger partial charge in [-0.1, -0.05) is 11.6 Å². The van der Waals surface area contributed by atoms with Crippen LogP contribution in [0.25, 0.3) is 0 Å². The van der Waals surface area contributed by atoms with Gasteiger partial charge in [-0.15, -0.1) is 12.6 Å². The Morgan fingerprint density at radius 1 is 1.64 bits per heavy atom. The first kappa shape index (κ1) is 11.6. The van der Waals surface area contributed by atoms with E-state index in [9.17, 15) is 0 Å². The summed E-state index contributed by atoms with van der Waals surface area (Å²) < 4.78 is 4.93. The summed E-state index contributed by atoms with van der Waals surface area (Å²) in [6.07, 6.45) is 2.60. The van der Waals surface area contributed by atoms with Crippen molar-refractivity contribution in [2.45, 2.75) is 11.3 Å². The Morgan fingerprint density at radius 2 is 2.43 bits per heavy atom. The van der Waals surface area contributed by atoms with Gasteiger partial charge in [-0.25, -0.2) is 4.98 Å². The third-order valence-electron chi connectivity index (χ3n) is 1.69. The van der Waals surface area contributed by atoms with Crippen LogP contribution < -0.4 is 5.32 Å². The molecule has 1 heterocycles. The Bertz CT molecular complexity index is 296. The molecule has 0 aliphatic heterocycles. The zero-order chi connectivity index (χ0) is 10.4. The number of ether oxygens (including phenoxy) is 1. The van der Waals surface area contributed by atoms with Crippen molar-refractivity contribution in [1.29, 1.82) is 0 Å². The van der Waals surface area contributed by atoms with Gasteiger partial charge in [0, 0.05) is 31.4 Å². The zero-order valence-corrected chi connectivity index (χ0v) is 9.61. The van der Waals surface area contributed by atoms with Gasteiger partial charge in [0.05, 0.1) is 5.02 Å². The summed E-state index contributed by atoms with van der Waals surface area (Å²) in [4.78, 5) is 4.84. The third-order valence-corrected chi connectivity index (χ3v) is 2.57. The summed E-state index contributed by atoms with van der Waals surface area (Å²) in [5, 5.41) is 3.68. The summed E-state index contributed by atoms with van der Waals surface area (Å²) in [5.41, 5.74) is 0. The third kappa shape index (κ3) is 3.36. The predicted octanol–water partition coefficient (Wildman–Crippen LogP) is 2.47. The highest BCUT2D eigenvalue weighted by molar-refractivity contribution is 7.80. The van der Waals surface area contributed by atoms with Crippen molar-refractivity contribution >= 4 is 30.0 Å². The Kier molecular flexibility index (Phi) is 5.07. The molecule has 0 unspecified atom stereocenters. The van der Waals surface area contributed by atoms with Crippen LogP contribution in [-0.4, -0.2) is 25.2 Å². The fourth-order valence-electron chi connectivity index (χ4n) is 0.980. The molecular weight excluding hydrogens is 220 g/mol. The monoisotopic (exact) mass is 232 g/mol. The predicted molar refractivity (Wildman–Crippen MR) is 61.5 cm³/mol. The first-order valence-electron chi connectivity index (χ1n) is 4.32. The molecule has 0 saturated carbocycles. The van der Waals surface area contributed by atoms with Crippen molar-refractivity contribution in [3.05, 3.63) is 17.3 Å². The molecule has 1 N–H and O–H groups in total. The van der Waals surface area contributed by atoms with E-state index in [1.54, 1.807) is 19.4 Å². The molecule has 0 bridgehead atoms. The second-order valence-corrected chi connectivity index (χ2v) is 3.63. The van der Waals surface area contributed by atoms with Gasteiger partial charge in [0.15, 0.2) is 0 Å². The fraction of sp³-hybridized carbons (Fsp3) is 0.444. The minimum Gasteiger partial charge on any atom is -0.385 e. The van der Waals surface area contributed by atoms with E-state index in [1.165, 1.54) is 0 Å². The van der Waals surface area contributed by atoms with Crippen LogP contribution >= 0.6 is 24.2 Å². The van der Waals surface area contributed by atoms with Gasteiger partial charge >= 0.3 is 0 Å². The maximum Gasteiger partial charge on any atom is 0.145 e. The van der Waals surface area contributed by atoms with Gasteiger partial charge < -0.3 is 10.1 Å². The quantitative estimate of drug-likeness (QED) is 0.605. The fourth-order valence-corrected chi connectivity index (χ4v) is 1.33. The van der Waals surface area contributed by atoms with E-state index in [2.05, 4.69) is 22.9 Å². The first-order chi connectivity index (χ1) is 6.75.